The Labute approximate surface area is 168 Å². The minimum atomic E-state index is -0.631. The molecule has 1 atom stereocenters. The quantitative estimate of drug-likeness (QED) is 0.701. The molecule has 0 radical (unpaired) electrons. The maximum Gasteiger partial charge on any atom is 0.261 e. The number of benzene rings is 1. The Morgan fingerprint density at radius 3 is 2.86 bits per heavy atom. The molecule has 1 aliphatic rings. The fourth-order valence-corrected chi connectivity index (χ4v) is 3.32. The van der Waals surface area contributed by atoms with Gasteiger partial charge in [0.25, 0.3) is 5.91 Å². The van der Waals surface area contributed by atoms with E-state index < -0.39 is 6.10 Å². The average molecular weight is 388 g/mol. The number of pyridine rings is 2. The lowest BCUT2D eigenvalue weighted by Crippen LogP contribution is -2.37. The number of amides is 2. The number of anilines is 1. The highest BCUT2D eigenvalue weighted by Crippen LogP contribution is 2.36. The summed E-state index contributed by atoms with van der Waals surface area (Å²) in [5.74, 6) is 0.148. The minimum Gasteiger partial charge on any atom is -0.464 e. The normalized spacial score (nSPS) is 14.6. The van der Waals surface area contributed by atoms with Crippen LogP contribution in [0.4, 0.5) is 5.69 Å². The lowest BCUT2D eigenvalue weighted by Gasteiger charge is -2.10. The first-order valence-electron chi connectivity index (χ1n) is 9.29. The van der Waals surface area contributed by atoms with Gasteiger partial charge in [0.2, 0.25) is 11.8 Å². The third-order valence-electron chi connectivity index (χ3n) is 4.64. The molecule has 0 saturated heterocycles. The number of ether oxygens (including phenoxy) is 1. The van der Waals surface area contributed by atoms with Crippen LogP contribution in [0, 0.1) is 0 Å². The summed E-state index contributed by atoms with van der Waals surface area (Å²) in [5, 5.41) is 5.67. The summed E-state index contributed by atoms with van der Waals surface area (Å²) in [6.07, 6.45) is 4.87. The van der Waals surface area contributed by atoms with Crippen molar-refractivity contribution in [3.05, 3.63) is 72.2 Å². The molecule has 0 fully saturated rings. The van der Waals surface area contributed by atoms with Gasteiger partial charge in [0.1, 0.15) is 0 Å². The Balaban J connectivity index is 1.50. The maximum absolute atomic E-state index is 12.6. The summed E-state index contributed by atoms with van der Waals surface area (Å²) in [6.45, 7) is 1.86. The van der Waals surface area contributed by atoms with Crippen molar-refractivity contribution in [3.63, 3.8) is 0 Å². The molecule has 146 valence electrons. The number of fused-ring (bicyclic) bond motifs is 1. The molecule has 7 heteroatoms. The Kier molecular flexibility index (Phi) is 5.20. The van der Waals surface area contributed by atoms with E-state index >= 15 is 0 Å². The summed E-state index contributed by atoms with van der Waals surface area (Å²) in [4.78, 5) is 32.2. The van der Waals surface area contributed by atoms with Gasteiger partial charge >= 0.3 is 0 Å². The molecule has 7 nitrogen and oxygen atoms in total. The molecule has 29 heavy (non-hydrogen) atoms. The summed E-state index contributed by atoms with van der Waals surface area (Å²) < 4.78 is 5.81. The predicted molar refractivity (Wildman–Crippen MR) is 108 cm³/mol. The van der Waals surface area contributed by atoms with Crippen molar-refractivity contribution in [3.8, 4) is 17.0 Å². The van der Waals surface area contributed by atoms with Crippen LogP contribution < -0.4 is 15.4 Å². The molecule has 1 unspecified atom stereocenters. The van der Waals surface area contributed by atoms with Crippen molar-refractivity contribution in [2.45, 2.75) is 26.0 Å². The zero-order chi connectivity index (χ0) is 20.2. The Morgan fingerprint density at radius 1 is 1.17 bits per heavy atom. The monoisotopic (exact) mass is 388 g/mol. The summed E-state index contributed by atoms with van der Waals surface area (Å²) >= 11 is 0. The van der Waals surface area contributed by atoms with Crippen molar-refractivity contribution in [1.82, 2.24) is 15.3 Å². The number of nitrogens with one attached hydrogen (secondary N) is 2. The van der Waals surface area contributed by atoms with Gasteiger partial charge in [0.05, 0.1) is 0 Å². The van der Waals surface area contributed by atoms with Crippen molar-refractivity contribution >= 4 is 17.5 Å². The number of nitrogens with zero attached hydrogens (tertiary/aromatic N) is 2. The molecular formula is C22H20N4O3. The van der Waals surface area contributed by atoms with Gasteiger partial charge < -0.3 is 15.4 Å². The van der Waals surface area contributed by atoms with Crippen molar-refractivity contribution in [2.24, 2.45) is 0 Å². The first-order valence-corrected chi connectivity index (χ1v) is 9.29. The topological polar surface area (TPSA) is 93.2 Å². The van der Waals surface area contributed by atoms with Crippen LogP contribution in [0.2, 0.25) is 0 Å². The van der Waals surface area contributed by atoms with E-state index in [2.05, 4.69) is 20.6 Å². The van der Waals surface area contributed by atoms with Crippen LogP contribution in [0.25, 0.3) is 11.1 Å². The second-order valence-electron chi connectivity index (χ2n) is 6.79. The van der Waals surface area contributed by atoms with Crippen LogP contribution in [0.5, 0.6) is 5.88 Å². The largest absolute Gasteiger partial charge is 0.464 e. The lowest BCUT2D eigenvalue weighted by molar-refractivity contribution is -0.127. The molecule has 2 amide bonds. The predicted octanol–water partition coefficient (Wildman–Crippen LogP) is 2.72. The Morgan fingerprint density at radius 2 is 2.07 bits per heavy atom. The van der Waals surface area contributed by atoms with E-state index in [9.17, 15) is 9.59 Å². The van der Waals surface area contributed by atoms with Crippen LogP contribution in [0.1, 0.15) is 18.1 Å². The second-order valence-corrected chi connectivity index (χ2v) is 6.79. The Bertz CT molecular complexity index is 1050. The third-order valence-corrected chi connectivity index (χ3v) is 4.64. The molecule has 2 aromatic heterocycles. The van der Waals surface area contributed by atoms with Crippen LogP contribution in [0.15, 0.2) is 61.1 Å². The van der Waals surface area contributed by atoms with E-state index in [0.29, 0.717) is 24.5 Å². The fourth-order valence-electron chi connectivity index (χ4n) is 3.32. The first kappa shape index (κ1) is 18.6. The highest BCUT2D eigenvalue weighted by atomic mass is 16.5. The smallest absolute Gasteiger partial charge is 0.261 e. The number of carbonyl (C=O) groups excluding carboxylic acids is 2. The highest BCUT2D eigenvalue weighted by molar-refractivity contribution is 5.90. The molecule has 3 aromatic rings. The van der Waals surface area contributed by atoms with Gasteiger partial charge in [-0.15, -0.1) is 0 Å². The number of rotatable bonds is 5. The molecule has 4 rings (SSSR count). The zero-order valence-electron chi connectivity index (χ0n) is 15.9. The van der Waals surface area contributed by atoms with E-state index in [0.717, 1.165) is 22.3 Å². The van der Waals surface area contributed by atoms with Crippen LogP contribution in [-0.4, -0.2) is 27.9 Å². The number of aromatic nitrogens is 2. The van der Waals surface area contributed by atoms with E-state index in [1.54, 1.807) is 18.6 Å². The third kappa shape index (κ3) is 4.24. The molecule has 1 aliphatic heterocycles. The van der Waals surface area contributed by atoms with Gasteiger partial charge in [-0.05, 0) is 41.0 Å². The van der Waals surface area contributed by atoms with E-state index in [-0.39, 0.29) is 11.8 Å². The second kappa shape index (κ2) is 8.10. The van der Waals surface area contributed by atoms with E-state index in [4.69, 9.17) is 4.74 Å². The molecule has 0 saturated carbocycles. The molecule has 3 heterocycles. The zero-order valence-corrected chi connectivity index (χ0v) is 15.9. The standard InChI is InChI=1S/C22H20N4O3/c1-14(27)26-17-6-2-5-16(10-17)18-7-9-24-22-19(18)11-20(29-22)21(28)25-13-15-4-3-8-23-12-15/h2-10,12,20H,11,13H2,1H3,(H,25,28)(H,26,27). The summed E-state index contributed by atoms with van der Waals surface area (Å²) in [7, 11) is 0. The molecular weight excluding hydrogens is 368 g/mol. The van der Waals surface area contributed by atoms with Gasteiger partial charge in [-0.2, -0.15) is 0 Å². The van der Waals surface area contributed by atoms with Crippen molar-refractivity contribution in [2.75, 3.05) is 5.32 Å². The average Bonchev–Trinajstić information content (AvgIpc) is 3.17. The number of hydrogen-bond acceptors (Lipinski definition) is 5. The van der Waals surface area contributed by atoms with Gasteiger partial charge in [0.15, 0.2) is 6.10 Å². The van der Waals surface area contributed by atoms with E-state index in [1.165, 1.54) is 6.92 Å². The number of carbonyl (C=O) groups is 2. The molecule has 0 bridgehead atoms. The van der Waals surface area contributed by atoms with Gasteiger partial charge in [-0.25, -0.2) is 4.98 Å². The van der Waals surface area contributed by atoms with Crippen molar-refractivity contribution < 1.29 is 14.3 Å². The first-order chi connectivity index (χ1) is 14.1. The van der Waals surface area contributed by atoms with Gasteiger partial charge in [-0.3, -0.25) is 14.6 Å². The highest BCUT2D eigenvalue weighted by Gasteiger charge is 2.32. The Hall–Kier alpha value is -3.74. The number of hydrogen-bond donors (Lipinski definition) is 2. The van der Waals surface area contributed by atoms with Crippen molar-refractivity contribution in [1.29, 1.82) is 0 Å². The molecule has 2 N–H and O–H groups in total. The van der Waals surface area contributed by atoms with Crippen LogP contribution in [-0.2, 0) is 22.6 Å². The molecule has 1 aromatic carbocycles. The SMILES string of the molecule is CC(=O)Nc1cccc(-c2ccnc3c2CC(C(=O)NCc2cccnc2)O3)c1. The van der Waals surface area contributed by atoms with Gasteiger partial charge in [0, 0.05) is 49.7 Å². The molecule has 0 aliphatic carbocycles. The fraction of sp³-hybridized carbons (Fsp3) is 0.182. The van der Waals surface area contributed by atoms with Crippen LogP contribution in [0.3, 0.4) is 0 Å². The summed E-state index contributed by atoms with van der Waals surface area (Å²) in [5.41, 5.74) is 4.38. The summed E-state index contributed by atoms with van der Waals surface area (Å²) in [6, 6.07) is 13.2. The maximum atomic E-state index is 12.6. The minimum absolute atomic E-state index is 0.129. The molecule has 0 spiro atoms. The van der Waals surface area contributed by atoms with Crippen LogP contribution >= 0.6 is 0 Å². The van der Waals surface area contributed by atoms with E-state index in [1.807, 2.05) is 42.5 Å². The van der Waals surface area contributed by atoms with Gasteiger partial charge in [-0.1, -0.05) is 18.2 Å². The lowest BCUT2D eigenvalue weighted by atomic mass is 9.98.